The van der Waals surface area contributed by atoms with Gasteiger partial charge in [-0.1, -0.05) is 72.3 Å². The molecular weight excluding hydrogens is 394 g/mol. The van der Waals surface area contributed by atoms with E-state index in [0.717, 1.165) is 42.3 Å². The fraction of sp³-hybridized carbons (Fsp3) is 0.208. The molecule has 2 heterocycles. The maximum Gasteiger partial charge on any atom is 0.178 e. The van der Waals surface area contributed by atoms with Crippen molar-refractivity contribution in [3.63, 3.8) is 0 Å². The third-order valence-electron chi connectivity index (χ3n) is 5.68. The molecule has 0 aliphatic carbocycles. The lowest BCUT2D eigenvalue weighted by molar-refractivity contribution is 0.539. The molecule has 1 atom stereocenters. The second kappa shape index (κ2) is 8.28. The summed E-state index contributed by atoms with van der Waals surface area (Å²) in [6.07, 6.45) is 1.90. The van der Waals surface area contributed by atoms with Gasteiger partial charge in [-0.2, -0.15) is 0 Å². The van der Waals surface area contributed by atoms with Gasteiger partial charge in [0.05, 0.1) is 0 Å². The van der Waals surface area contributed by atoms with Crippen LogP contribution in [0.25, 0.3) is 0 Å². The van der Waals surface area contributed by atoms with Crippen molar-refractivity contribution in [3.05, 3.63) is 106 Å². The molecule has 0 spiro atoms. The Labute approximate surface area is 180 Å². The number of anilines is 1. The van der Waals surface area contributed by atoms with Gasteiger partial charge in [0, 0.05) is 23.8 Å². The van der Waals surface area contributed by atoms with Crippen LogP contribution in [0.2, 0.25) is 5.02 Å². The zero-order valence-electron chi connectivity index (χ0n) is 16.5. The van der Waals surface area contributed by atoms with Crippen LogP contribution in [0.15, 0.2) is 78.9 Å². The van der Waals surface area contributed by atoms with Crippen LogP contribution in [0.4, 0.5) is 5.69 Å². The summed E-state index contributed by atoms with van der Waals surface area (Å²) in [6.45, 7) is 1.66. The Kier molecular flexibility index (Phi) is 5.20. The number of hydrogen-bond donors (Lipinski definition) is 0. The van der Waals surface area contributed by atoms with Crippen molar-refractivity contribution in [1.82, 2.24) is 20.2 Å². The zero-order chi connectivity index (χ0) is 20.3. The second-order valence-corrected chi connectivity index (χ2v) is 7.96. The topological polar surface area (TPSA) is 46.8 Å². The van der Waals surface area contributed by atoms with Gasteiger partial charge in [0.2, 0.25) is 0 Å². The highest BCUT2D eigenvalue weighted by atomic mass is 35.5. The average molecular weight is 416 g/mol. The summed E-state index contributed by atoms with van der Waals surface area (Å²) in [5, 5.41) is 13.6. The second-order valence-electron chi connectivity index (χ2n) is 7.52. The van der Waals surface area contributed by atoms with Gasteiger partial charge >= 0.3 is 0 Å². The van der Waals surface area contributed by atoms with E-state index in [9.17, 15) is 0 Å². The number of nitrogens with zero attached hydrogens (tertiary/aromatic N) is 5. The van der Waals surface area contributed by atoms with E-state index >= 15 is 0 Å². The first kappa shape index (κ1) is 18.8. The first-order valence-electron chi connectivity index (χ1n) is 10.2. The SMILES string of the molecule is Clc1ccc(C(c2nnnn2CCc2ccccc2)N2CCc3ccccc32)cc1. The quantitative estimate of drug-likeness (QED) is 0.457. The molecule has 0 saturated carbocycles. The normalized spacial score (nSPS) is 14.0. The lowest BCUT2D eigenvalue weighted by Crippen LogP contribution is -2.30. The zero-order valence-corrected chi connectivity index (χ0v) is 17.3. The van der Waals surface area contributed by atoms with Gasteiger partial charge in [-0.05, 0) is 58.2 Å². The van der Waals surface area contributed by atoms with Crippen molar-refractivity contribution in [2.45, 2.75) is 25.4 Å². The molecule has 3 aromatic carbocycles. The summed E-state index contributed by atoms with van der Waals surface area (Å²) in [5.74, 6) is 0.852. The van der Waals surface area contributed by atoms with Crippen LogP contribution >= 0.6 is 11.6 Å². The molecule has 6 heteroatoms. The molecule has 0 saturated heterocycles. The van der Waals surface area contributed by atoms with Crippen molar-refractivity contribution in [2.75, 3.05) is 11.4 Å². The van der Waals surface area contributed by atoms with Gasteiger partial charge in [-0.3, -0.25) is 0 Å². The molecule has 1 aliphatic rings. The molecule has 0 amide bonds. The molecular formula is C24H22ClN5. The van der Waals surface area contributed by atoms with Gasteiger partial charge < -0.3 is 4.90 Å². The maximum atomic E-state index is 6.17. The minimum Gasteiger partial charge on any atom is -0.357 e. The molecule has 150 valence electrons. The smallest absolute Gasteiger partial charge is 0.178 e. The molecule has 5 rings (SSSR count). The Hall–Kier alpha value is -3.18. The summed E-state index contributed by atoms with van der Waals surface area (Å²) >= 11 is 6.17. The van der Waals surface area contributed by atoms with E-state index in [1.807, 2.05) is 22.9 Å². The molecule has 0 radical (unpaired) electrons. The van der Waals surface area contributed by atoms with E-state index in [4.69, 9.17) is 11.6 Å². The molecule has 0 N–H and O–H groups in total. The van der Waals surface area contributed by atoms with E-state index in [1.165, 1.54) is 16.8 Å². The van der Waals surface area contributed by atoms with Crippen LogP contribution < -0.4 is 4.90 Å². The molecule has 1 unspecified atom stereocenters. The predicted octanol–water partition coefficient (Wildman–Crippen LogP) is 4.72. The van der Waals surface area contributed by atoms with Gasteiger partial charge in [-0.15, -0.1) is 5.10 Å². The van der Waals surface area contributed by atoms with Crippen molar-refractivity contribution in [1.29, 1.82) is 0 Å². The lowest BCUT2D eigenvalue weighted by atomic mass is 10.0. The number of para-hydroxylation sites is 1. The molecule has 1 aromatic heterocycles. The van der Waals surface area contributed by atoms with Crippen molar-refractivity contribution >= 4 is 17.3 Å². The number of fused-ring (bicyclic) bond motifs is 1. The van der Waals surface area contributed by atoms with Gasteiger partial charge in [0.1, 0.15) is 6.04 Å². The number of rotatable bonds is 6. The Morgan fingerprint density at radius 3 is 2.50 bits per heavy atom. The van der Waals surface area contributed by atoms with E-state index in [-0.39, 0.29) is 6.04 Å². The monoisotopic (exact) mass is 415 g/mol. The highest BCUT2D eigenvalue weighted by molar-refractivity contribution is 6.30. The predicted molar refractivity (Wildman–Crippen MR) is 119 cm³/mol. The van der Waals surface area contributed by atoms with Crippen LogP contribution in [-0.2, 0) is 19.4 Å². The van der Waals surface area contributed by atoms with Gasteiger partial charge in [-0.25, -0.2) is 4.68 Å². The molecule has 0 bridgehead atoms. The first-order chi connectivity index (χ1) is 14.8. The minimum atomic E-state index is -0.0725. The Morgan fingerprint density at radius 1 is 0.900 bits per heavy atom. The highest BCUT2D eigenvalue weighted by Gasteiger charge is 2.32. The molecule has 1 aliphatic heterocycles. The summed E-state index contributed by atoms with van der Waals surface area (Å²) < 4.78 is 1.94. The standard InChI is InChI=1S/C24H22ClN5/c25-21-12-10-20(11-13-21)23(29-16-15-19-8-4-5-9-22(19)29)24-26-27-28-30(24)17-14-18-6-2-1-3-7-18/h1-13,23H,14-17H2. The van der Waals surface area contributed by atoms with Crippen LogP contribution in [0.3, 0.4) is 0 Å². The van der Waals surface area contributed by atoms with Crippen LogP contribution in [0.5, 0.6) is 0 Å². The number of aromatic nitrogens is 4. The van der Waals surface area contributed by atoms with Crippen molar-refractivity contribution in [3.8, 4) is 0 Å². The third kappa shape index (κ3) is 3.68. The summed E-state index contributed by atoms with van der Waals surface area (Å²) in [6, 6.07) is 27.0. The average Bonchev–Trinajstić information content (AvgIpc) is 3.42. The van der Waals surface area contributed by atoms with Crippen molar-refractivity contribution in [2.24, 2.45) is 0 Å². The summed E-state index contributed by atoms with van der Waals surface area (Å²) in [5.41, 5.74) is 5.01. The summed E-state index contributed by atoms with van der Waals surface area (Å²) in [4.78, 5) is 2.41. The molecule has 30 heavy (non-hydrogen) atoms. The number of aryl methyl sites for hydroxylation is 2. The molecule has 4 aromatic rings. The minimum absolute atomic E-state index is 0.0725. The Balaban J connectivity index is 1.52. The fourth-order valence-corrected chi connectivity index (χ4v) is 4.32. The van der Waals surface area contributed by atoms with Crippen molar-refractivity contribution < 1.29 is 0 Å². The number of halogens is 1. The summed E-state index contributed by atoms with van der Waals surface area (Å²) in [7, 11) is 0. The van der Waals surface area contributed by atoms with E-state index in [1.54, 1.807) is 0 Å². The Bertz CT molecular complexity index is 1120. The lowest BCUT2D eigenvalue weighted by Gasteiger charge is -2.30. The van der Waals surface area contributed by atoms with Crippen LogP contribution in [0, 0.1) is 0 Å². The van der Waals surface area contributed by atoms with E-state index < -0.39 is 0 Å². The van der Waals surface area contributed by atoms with Crippen LogP contribution in [0.1, 0.15) is 28.6 Å². The number of benzene rings is 3. The van der Waals surface area contributed by atoms with Crippen LogP contribution in [-0.4, -0.2) is 26.8 Å². The fourth-order valence-electron chi connectivity index (χ4n) is 4.19. The van der Waals surface area contributed by atoms with E-state index in [0.29, 0.717) is 0 Å². The molecule has 0 fully saturated rings. The maximum absolute atomic E-state index is 6.17. The Morgan fingerprint density at radius 2 is 1.67 bits per heavy atom. The highest BCUT2D eigenvalue weighted by Crippen LogP contribution is 2.38. The third-order valence-corrected chi connectivity index (χ3v) is 5.93. The molecule has 5 nitrogen and oxygen atoms in total. The number of hydrogen-bond acceptors (Lipinski definition) is 4. The van der Waals surface area contributed by atoms with Gasteiger partial charge in [0.25, 0.3) is 0 Å². The largest absolute Gasteiger partial charge is 0.357 e. The van der Waals surface area contributed by atoms with Gasteiger partial charge in [0.15, 0.2) is 5.82 Å². The number of tetrazole rings is 1. The first-order valence-corrected chi connectivity index (χ1v) is 10.6. The van der Waals surface area contributed by atoms with E-state index in [2.05, 4.69) is 81.1 Å².